The van der Waals surface area contributed by atoms with E-state index in [0.717, 1.165) is 77.0 Å². The van der Waals surface area contributed by atoms with Crippen LogP contribution in [-0.2, 0) is 14.3 Å². The van der Waals surface area contributed by atoms with Gasteiger partial charge in [0.1, 0.15) is 6.10 Å². The van der Waals surface area contributed by atoms with E-state index in [1.165, 1.54) is 109 Å². The number of ether oxygens (including phenoxy) is 1. The number of hydrogen-bond donors (Lipinski definition) is 1. The third-order valence-electron chi connectivity index (χ3n) is 9.05. The number of carbonyl (C=O) groups is 2. The van der Waals surface area contributed by atoms with Gasteiger partial charge in [-0.3, -0.25) is 9.59 Å². The van der Waals surface area contributed by atoms with Crippen LogP contribution in [0, 0.1) is 0 Å². The topological polar surface area (TPSA) is 63.6 Å². The van der Waals surface area contributed by atoms with Crippen LogP contribution in [0.3, 0.4) is 0 Å². The number of allylic oxidation sites excluding steroid dienone is 8. The summed E-state index contributed by atoms with van der Waals surface area (Å²) in [5, 5.41) is 8.69. The van der Waals surface area contributed by atoms with Crippen LogP contribution in [0.1, 0.15) is 213 Å². The predicted molar refractivity (Wildman–Crippen MR) is 209 cm³/mol. The lowest BCUT2D eigenvalue weighted by atomic mass is 10.0. The number of aliphatic carboxylic acids is 1. The summed E-state index contributed by atoms with van der Waals surface area (Å²) >= 11 is 0. The van der Waals surface area contributed by atoms with Crippen LogP contribution in [0.15, 0.2) is 48.6 Å². The average molecular weight is 671 g/mol. The van der Waals surface area contributed by atoms with Crippen molar-refractivity contribution < 1.29 is 19.4 Å². The summed E-state index contributed by atoms with van der Waals surface area (Å²) in [6, 6.07) is 0. The first kappa shape index (κ1) is 45.9. The molecule has 0 aromatic carbocycles. The van der Waals surface area contributed by atoms with Crippen molar-refractivity contribution in [3.8, 4) is 0 Å². The monoisotopic (exact) mass is 671 g/mol. The van der Waals surface area contributed by atoms with E-state index in [4.69, 9.17) is 9.84 Å². The third kappa shape index (κ3) is 38.3. The van der Waals surface area contributed by atoms with Gasteiger partial charge in [0.2, 0.25) is 0 Å². The molecule has 1 atom stereocenters. The van der Waals surface area contributed by atoms with Gasteiger partial charge in [-0.05, 0) is 83.5 Å². The summed E-state index contributed by atoms with van der Waals surface area (Å²) in [6.45, 7) is 4.49. The molecular weight excluding hydrogens is 592 g/mol. The second kappa shape index (κ2) is 39.3. The van der Waals surface area contributed by atoms with Crippen LogP contribution in [0.25, 0.3) is 0 Å². The van der Waals surface area contributed by atoms with Gasteiger partial charge in [0.15, 0.2) is 0 Å². The maximum Gasteiger partial charge on any atom is 0.306 e. The highest BCUT2D eigenvalue weighted by Crippen LogP contribution is 2.18. The Kier molecular flexibility index (Phi) is 37.6. The Morgan fingerprint density at radius 3 is 1.29 bits per heavy atom. The van der Waals surface area contributed by atoms with E-state index < -0.39 is 5.97 Å². The molecule has 0 saturated heterocycles. The number of esters is 1. The Bertz CT molecular complexity index is 809. The molecule has 0 radical (unpaired) electrons. The molecule has 0 fully saturated rings. The minimum atomic E-state index is -0.672. The molecule has 4 heteroatoms. The van der Waals surface area contributed by atoms with E-state index >= 15 is 0 Å². The minimum Gasteiger partial charge on any atom is -0.481 e. The van der Waals surface area contributed by atoms with Gasteiger partial charge in [-0.1, -0.05) is 165 Å². The van der Waals surface area contributed by atoms with E-state index in [9.17, 15) is 9.59 Å². The van der Waals surface area contributed by atoms with Crippen molar-refractivity contribution in [2.24, 2.45) is 0 Å². The molecule has 0 amide bonds. The van der Waals surface area contributed by atoms with Crippen molar-refractivity contribution in [2.75, 3.05) is 0 Å². The van der Waals surface area contributed by atoms with Gasteiger partial charge in [0.05, 0.1) is 0 Å². The standard InChI is InChI=1S/C44H78O4/c1-3-5-7-9-10-11-12-13-14-15-16-17-18-19-24-27-30-33-37-41-44(47)48-42(38-34-8-6-4-2)39-35-31-28-25-22-20-21-23-26-29-32-36-40-43(45)46/h10-11,13-14,16-17,19,24,42H,3-9,12,15,18,20-23,25-41H2,1-2H3,(H,45,46)/b11-10-,14-13-,17-16-,24-19-. The first-order chi connectivity index (χ1) is 23.6. The second-order valence-corrected chi connectivity index (χ2v) is 13.8. The van der Waals surface area contributed by atoms with Crippen molar-refractivity contribution in [2.45, 2.75) is 219 Å². The van der Waals surface area contributed by atoms with Crippen LogP contribution >= 0.6 is 0 Å². The molecule has 1 N–H and O–H groups in total. The molecule has 0 aliphatic heterocycles. The fourth-order valence-electron chi connectivity index (χ4n) is 5.99. The second-order valence-electron chi connectivity index (χ2n) is 13.8. The molecule has 1 unspecified atom stereocenters. The van der Waals surface area contributed by atoms with Crippen molar-refractivity contribution in [3.63, 3.8) is 0 Å². The molecule has 0 saturated carbocycles. The van der Waals surface area contributed by atoms with Gasteiger partial charge in [-0.2, -0.15) is 0 Å². The van der Waals surface area contributed by atoms with Gasteiger partial charge in [0, 0.05) is 12.8 Å². The fourth-order valence-corrected chi connectivity index (χ4v) is 5.99. The number of unbranched alkanes of at least 4 members (excludes halogenated alkanes) is 20. The molecule has 4 nitrogen and oxygen atoms in total. The van der Waals surface area contributed by atoms with Crippen molar-refractivity contribution >= 4 is 11.9 Å². The highest BCUT2D eigenvalue weighted by Gasteiger charge is 2.14. The third-order valence-corrected chi connectivity index (χ3v) is 9.05. The molecule has 0 heterocycles. The predicted octanol–water partition coefficient (Wildman–Crippen LogP) is 14.3. The van der Waals surface area contributed by atoms with E-state index in [2.05, 4.69) is 62.5 Å². The zero-order valence-corrected chi connectivity index (χ0v) is 31.8. The van der Waals surface area contributed by atoms with Crippen LogP contribution in [0.4, 0.5) is 0 Å². The lowest BCUT2D eigenvalue weighted by Crippen LogP contribution is -2.18. The first-order valence-corrected chi connectivity index (χ1v) is 20.6. The molecule has 0 spiro atoms. The maximum absolute atomic E-state index is 12.6. The van der Waals surface area contributed by atoms with Crippen LogP contribution in [0.5, 0.6) is 0 Å². The van der Waals surface area contributed by atoms with E-state index in [-0.39, 0.29) is 12.1 Å². The summed E-state index contributed by atoms with van der Waals surface area (Å²) in [5.41, 5.74) is 0. The lowest BCUT2D eigenvalue weighted by molar-refractivity contribution is -0.150. The molecule has 0 aliphatic rings. The SMILES string of the molecule is CCCCC/C=C\C/C=C\C/C=C\C/C=C\CCCCCC(=O)OC(CCCCCC)CCCCCCCCCCCCCCC(=O)O. The van der Waals surface area contributed by atoms with E-state index in [1.807, 2.05) is 0 Å². The fraction of sp³-hybridized carbons (Fsp3) is 0.773. The summed E-state index contributed by atoms with van der Waals surface area (Å²) in [5.74, 6) is -0.663. The quantitative estimate of drug-likeness (QED) is 0.0406. The zero-order valence-electron chi connectivity index (χ0n) is 31.8. The summed E-state index contributed by atoms with van der Waals surface area (Å²) in [6.07, 6.45) is 53.0. The van der Waals surface area contributed by atoms with Crippen LogP contribution in [0.2, 0.25) is 0 Å². The van der Waals surface area contributed by atoms with Gasteiger partial charge in [-0.25, -0.2) is 0 Å². The number of hydrogen-bond acceptors (Lipinski definition) is 3. The summed E-state index contributed by atoms with van der Waals surface area (Å²) < 4.78 is 5.99. The smallest absolute Gasteiger partial charge is 0.306 e. The Morgan fingerprint density at radius 1 is 0.458 bits per heavy atom. The molecular formula is C44H78O4. The average Bonchev–Trinajstić information content (AvgIpc) is 3.07. The molecule has 0 aromatic rings. The minimum absolute atomic E-state index is 0.00935. The van der Waals surface area contributed by atoms with Crippen molar-refractivity contribution in [3.05, 3.63) is 48.6 Å². The molecule has 0 aromatic heterocycles. The normalized spacial score (nSPS) is 12.7. The van der Waals surface area contributed by atoms with E-state index in [1.54, 1.807) is 0 Å². The highest BCUT2D eigenvalue weighted by molar-refractivity contribution is 5.69. The Morgan fingerprint density at radius 2 is 0.812 bits per heavy atom. The Balaban J connectivity index is 3.88. The van der Waals surface area contributed by atoms with Crippen LogP contribution < -0.4 is 0 Å². The Labute approximate surface area is 298 Å². The van der Waals surface area contributed by atoms with Crippen molar-refractivity contribution in [1.29, 1.82) is 0 Å². The number of carboxylic acids is 1. The summed E-state index contributed by atoms with van der Waals surface area (Å²) in [4.78, 5) is 23.2. The zero-order chi connectivity index (χ0) is 35.0. The highest BCUT2D eigenvalue weighted by atomic mass is 16.5. The van der Waals surface area contributed by atoms with E-state index in [0.29, 0.717) is 12.8 Å². The van der Waals surface area contributed by atoms with Gasteiger partial charge < -0.3 is 9.84 Å². The van der Waals surface area contributed by atoms with Gasteiger partial charge in [0.25, 0.3) is 0 Å². The number of rotatable bonds is 37. The molecule has 48 heavy (non-hydrogen) atoms. The maximum atomic E-state index is 12.6. The molecule has 0 aliphatic carbocycles. The molecule has 0 bridgehead atoms. The first-order valence-electron chi connectivity index (χ1n) is 20.6. The molecule has 0 rings (SSSR count). The number of carbonyl (C=O) groups excluding carboxylic acids is 1. The lowest BCUT2D eigenvalue weighted by Gasteiger charge is -2.18. The van der Waals surface area contributed by atoms with Gasteiger partial charge in [-0.15, -0.1) is 0 Å². The number of carboxylic acid groups (broad SMARTS) is 1. The van der Waals surface area contributed by atoms with Gasteiger partial charge >= 0.3 is 11.9 Å². The molecule has 278 valence electrons. The van der Waals surface area contributed by atoms with Crippen molar-refractivity contribution in [1.82, 2.24) is 0 Å². The van der Waals surface area contributed by atoms with Crippen LogP contribution in [-0.4, -0.2) is 23.1 Å². The summed E-state index contributed by atoms with van der Waals surface area (Å²) in [7, 11) is 0. The largest absolute Gasteiger partial charge is 0.481 e. The Hall–Kier alpha value is -2.10.